The number of halogens is 1. The summed E-state index contributed by atoms with van der Waals surface area (Å²) in [5.74, 6) is 0.331. The van der Waals surface area contributed by atoms with E-state index in [9.17, 15) is 9.18 Å². The lowest BCUT2D eigenvalue weighted by atomic mass is 9.78. The molecule has 0 unspecified atom stereocenters. The first-order chi connectivity index (χ1) is 9.01. The molecule has 1 saturated carbocycles. The molecule has 2 rings (SSSR count). The standard InChI is InChI=1S/C16H21FO2/c1-4-19-14-7-12(8-14)9-15(18)13-5-10(2)16(17)11(3)6-13/h5-6,12,14H,4,7-9H2,1-3H3. The summed E-state index contributed by atoms with van der Waals surface area (Å²) in [7, 11) is 0. The summed E-state index contributed by atoms with van der Waals surface area (Å²) in [5.41, 5.74) is 1.73. The lowest BCUT2D eigenvalue weighted by Crippen LogP contribution is -2.32. The van der Waals surface area contributed by atoms with Crippen LogP contribution in [0.5, 0.6) is 0 Å². The van der Waals surface area contributed by atoms with E-state index in [1.54, 1.807) is 26.0 Å². The molecule has 0 aliphatic heterocycles. The molecule has 0 bridgehead atoms. The SMILES string of the molecule is CCOC1CC(CC(=O)c2cc(C)c(F)c(C)c2)C1. The molecule has 1 aromatic carbocycles. The number of carbonyl (C=O) groups excluding carboxylic acids is 1. The van der Waals surface area contributed by atoms with Gasteiger partial charge in [0.25, 0.3) is 0 Å². The molecule has 1 aromatic rings. The van der Waals surface area contributed by atoms with Gasteiger partial charge in [0.05, 0.1) is 6.10 Å². The quantitative estimate of drug-likeness (QED) is 0.755. The van der Waals surface area contributed by atoms with Crippen LogP contribution in [0.2, 0.25) is 0 Å². The van der Waals surface area contributed by atoms with Gasteiger partial charge in [-0.2, -0.15) is 0 Å². The largest absolute Gasteiger partial charge is 0.378 e. The van der Waals surface area contributed by atoms with Crippen LogP contribution in [0, 0.1) is 25.6 Å². The van der Waals surface area contributed by atoms with Crippen molar-refractivity contribution in [3.8, 4) is 0 Å². The zero-order chi connectivity index (χ0) is 14.0. The van der Waals surface area contributed by atoms with Gasteiger partial charge in [-0.3, -0.25) is 4.79 Å². The average molecular weight is 264 g/mol. The van der Waals surface area contributed by atoms with Crippen LogP contribution in [0.4, 0.5) is 4.39 Å². The first kappa shape index (κ1) is 14.2. The second-order valence-electron chi connectivity index (χ2n) is 5.47. The smallest absolute Gasteiger partial charge is 0.163 e. The molecule has 0 spiro atoms. The minimum absolute atomic E-state index is 0.117. The molecule has 0 N–H and O–H groups in total. The summed E-state index contributed by atoms with van der Waals surface area (Å²) in [5, 5.41) is 0. The Morgan fingerprint density at radius 2 is 1.89 bits per heavy atom. The third-order valence-electron chi connectivity index (χ3n) is 3.83. The Labute approximate surface area is 114 Å². The summed E-state index contributed by atoms with van der Waals surface area (Å²) >= 11 is 0. The Morgan fingerprint density at radius 3 is 2.42 bits per heavy atom. The van der Waals surface area contributed by atoms with E-state index >= 15 is 0 Å². The minimum atomic E-state index is -0.211. The van der Waals surface area contributed by atoms with Gasteiger partial charge in [-0.25, -0.2) is 4.39 Å². The van der Waals surface area contributed by atoms with Gasteiger partial charge in [-0.1, -0.05) is 0 Å². The van der Waals surface area contributed by atoms with E-state index in [1.807, 2.05) is 6.92 Å². The molecule has 104 valence electrons. The number of hydrogen-bond donors (Lipinski definition) is 0. The molecule has 0 heterocycles. The monoisotopic (exact) mass is 264 g/mol. The van der Waals surface area contributed by atoms with Crippen LogP contribution in [0.15, 0.2) is 12.1 Å². The molecule has 0 radical (unpaired) electrons. The normalized spacial score (nSPS) is 22.1. The van der Waals surface area contributed by atoms with Crippen LogP contribution >= 0.6 is 0 Å². The lowest BCUT2D eigenvalue weighted by molar-refractivity contribution is -0.0246. The number of benzene rings is 1. The molecule has 0 amide bonds. The predicted molar refractivity (Wildman–Crippen MR) is 73.0 cm³/mol. The second-order valence-corrected chi connectivity index (χ2v) is 5.47. The number of hydrogen-bond acceptors (Lipinski definition) is 2. The highest BCUT2D eigenvalue weighted by Crippen LogP contribution is 2.33. The molecule has 19 heavy (non-hydrogen) atoms. The number of Topliss-reactive ketones (excluding diaryl/α,β-unsaturated/α-hetero) is 1. The van der Waals surface area contributed by atoms with E-state index < -0.39 is 0 Å². The van der Waals surface area contributed by atoms with Gasteiger partial charge in [0.2, 0.25) is 0 Å². The van der Waals surface area contributed by atoms with Crippen LogP contribution in [0.1, 0.15) is 47.7 Å². The van der Waals surface area contributed by atoms with E-state index in [2.05, 4.69) is 0 Å². The highest BCUT2D eigenvalue weighted by molar-refractivity contribution is 5.96. The van der Waals surface area contributed by atoms with E-state index in [4.69, 9.17) is 4.74 Å². The first-order valence-electron chi connectivity index (χ1n) is 6.92. The second kappa shape index (κ2) is 5.83. The minimum Gasteiger partial charge on any atom is -0.378 e. The van der Waals surface area contributed by atoms with Gasteiger partial charge < -0.3 is 4.74 Å². The molecular formula is C16H21FO2. The number of ketones is 1. The maximum Gasteiger partial charge on any atom is 0.163 e. The summed E-state index contributed by atoms with van der Waals surface area (Å²) in [6, 6.07) is 3.31. The first-order valence-corrected chi connectivity index (χ1v) is 6.92. The predicted octanol–water partition coefficient (Wildman–Crippen LogP) is 3.83. The summed E-state index contributed by atoms with van der Waals surface area (Å²) in [4.78, 5) is 12.2. The topological polar surface area (TPSA) is 26.3 Å². The Bertz CT molecular complexity index is 453. The highest BCUT2D eigenvalue weighted by atomic mass is 19.1. The van der Waals surface area contributed by atoms with Gasteiger partial charge in [-0.05, 0) is 62.8 Å². The Kier molecular flexibility index (Phi) is 4.35. The summed E-state index contributed by atoms with van der Waals surface area (Å²) in [6.07, 6.45) is 2.82. The molecule has 0 saturated heterocycles. The zero-order valence-corrected chi connectivity index (χ0v) is 11.8. The van der Waals surface area contributed by atoms with Crippen LogP contribution in [-0.4, -0.2) is 18.5 Å². The van der Waals surface area contributed by atoms with Crippen molar-refractivity contribution in [3.63, 3.8) is 0 Å². The van der Waals surface area contributed by atoms with Crippen molar-refractivity contribution in [3.05, 3.63) is 34.6 Å². The molecule has 0 aromatic heterocycles. The number of aryl methyl sites for hydroxylation is 2. The fourth-order valence-electron chi connectivity index (χ4n) is 2.70. The van der Waals surface area contributed by atoms with E-state index in [0.29, 0.717) is 35.1 Å². The molecule has 2 nitrogen and oxygen atoms in total. The molecule has 1 fully saturated rings. The maximum absolute atomic E-state index is 13.5. The maximum atomic E-state index is 13.5. The average Bonchev–Trinajstić information content (AvgIpc) is 2.32. The number of carbonyl (C=O) groups is 1. The van der Waals surface area contributed by atoms with Crippen molar-refractivity contribution in [2.75, 3.05) is 6.61 Å². The molecule has 1 aliphatic carbocycles. The van der Waals surface area contributed by atoms with Crippen molar-refractivity contribution in [2.24, 2.45) is 5.92 Å². The molecule has 0 atom stereocenters. The Morgan fingerprint density at radius 1 is 1.32 bits per heavy atom. The summed E-state index contributed by atoms with van der Waals surface area (Å²) < 4.78 is 19.0. The third kappa shape index (κ3) is 3.21. The van der Waals surface area contributed by atoms with Gasteiger partial charge in [0, 0.05) is 18.6 Å². The van der Waals surface area contributed by atoms with Gasteiger partial charge in [0.15, 0.2) is 5.78 Å². The molecular weight excluding hydrogens is 243 g/mol. The van der Waals surface area contributed by atoms with Crippen molar-refractivity contribution in [1.29, 1.82) is 0 Å². The fourth-order valence-corrected chi connectivity index (χ4v) is 2.70. The molecule has 1 aliphatic rings. The van der Waals surface area contributed by atoms with Gasteiger partial charge >= 0.3 is 0 Å². The van der Waals surface area contributed by atoms with E-state index in [0.717, 1.165) is 19.4 Å². The lowest BCUT2D eigenvalue weighted by Gasteiger charge is -2.34. The van der Waals surface area contributed by atoms with Gasteiger partial charge in [-0.15, -0.1) is 0 Å². The zero-order valence-electron chi connectivity index (χ0n) is 11.8. The number of rotatable bonds is 5. The van der Waals surface area contributed by atoms with Crippen molar-refractivity contribution in [1.82, 2.24) is 0 Å². The van der Waals surface area contributed by atoms with Gasteiger partial charge in [0.1, 0.15) is 5.82 Å². The Hall–Kier alpha value is -1.22. The third-order valence-corrected chi connectivity index (χ3v) is 3.83. The van der Waals surface area contributed by atoms with Crippen LogP contribution in [0.25, 0.3) is 0 Å². The highest BCUT2D eigenvalue weighted by Gasteiger charge is 2.31. The van der Waals surface area contributed by atoms with Crippen molar-refractivity contribution < 1.29 is 13.9 Å². The fraction of sp³-hybridized carbons (Fsp3) is 0.562. The van der Waals surface area contributed by atoms with Crippen molar-refractivity contribution >= 4 is 5.78 Å². The van der Waals surface area contributed by atoms with Crippen LogP contribution in [0.3, 0.4) is 0 Å². The van der Waals surface area contributed by atoms with E-state index in [-0.39, 0.29) is 11.6 Å². The van der Waals surface area contributed by atoms with E-state index in [1.165, 1.54) is 0 Å². The number of ether oxygens (including phenoxy) is 1. The Balaban J connectivity index is 1.94. The van der Waals surface area contributed by atoms with Crippen molar-refractivity contribution in [2.45, 2.75) is 46.1 Å². The molecule has 3 heteroatoms. The van der Waals surface area contributed by atoms with Crippen LogP contribution < -0.4 is 0 Å². The van der Waals surface area contributed by atoms with Crippen LogP contribution in [-0.2, 0) is 4.74 Å². The summed E-state index contributed by atoms with van der Waals surface area (Å²) in [6.45, 7) is 6.13.